The summed E-state index contributed by atoms with van der Waals surface area (Å²) in [6.45, 7) is 0. The zero-order valence-corrected chi connectivity index (χ0v) is 15.0. The predicted molar refractivity (Wildman–Crippen MR) is 102 cm³/mol. The number of primary amides is 1. The number of nitrogens with zero attached hydrogens (tertiary/aromatic N) is 1. The molecule has 1 aromatic heterocycles. The number of carbonyl (C=O) groups is 4. The molecule has 4 N–H and O–H groups in total. The van der Waals surface area contributed by atoms with Crippen LogP contribution in [-0.2, 0) is 16.1 Å². The molecule has 0 bridgehead atoms. The first-order chi connectivity index (χ1) is 14.0. The number of hydroxylamine groups is 2. The van der Waals surface area contributed by atoms with Gasteiger partial charge in [0.05, 0.1) is 11.1 Å². The molecule has 0 saturated carbocycles. The van der Waals surface area contributed by atoms with Crippen LogP contribution in [0.2, 0.25) is 0 Å². The van der Waals surface area contributed by atoms with E-state index in [1.807, 2.05) is 24.3 Å². The molecule has 4 amide bonds. The highest BCUT2D eigenvalue weighted by molar-refractivity contribution is 6.21. The van der Waals surface area contributed by atoms with E-state index in [1.54, 1.807) is 18.3 Å². The first-order valence-corrected chi connectivity index (χ1v) is 8.76. The summed E-state index contributed by atoms with van der Waals surface area (Å²) in [4.78, 5) is 57.0. The van der Waals surface area contributed by atoms with E-state index in [-0.39, 0.29) is 17.5 Å². The van der Waals surface area contributed by atoms with Crippen LogP contribution in [0, 0.1) is 0 Å². The summed E-state index contributed by atoms with van der Waals surface area (Å²) in [5.41, 5.74) is 7.06. The SMILES string of the molecule is NC(=O)NC(Cc1c[nH]c2ccccc12)C(=O)ON1C(=O)c2ccccc2C1=O. The second-order valence-corrected chi connectivity index (χ2v) is 6.49. The Morgan fingerprint density at radius 3 is 2.31 bits per heavy atom. The number of nitrogens with one attached hydrogen (secondary N) is 2. The van der Waals surface area contributed by atoms with Crippen LogP contribution in [0.5, 0.6) is 0 Å². The third kappa shape index (κ3) is 3.29. The highest BCUT2D eigenvalue weighted by atomic mass is 16.7. The van der Waals surface area contributed by atoms with E-state index < -0.39 is 29.9 Å². The summed E-state index contributed by atoms with van der Waals surface area (Å²) in [6.07, 6.45) is 1.75. The number of para-hydroxylation sites is 1. The first kappa shape index (κ1) is 18.2. The van der Waals surface area contributed by atoms with Gasteiger partial charge in [0.1, 0.15) is 6.04 Å². The van der Waals surface area contributed by atoms with Gasteiger partial charge in [-0.1, -0.05) is 35.4 Å². The molecule has 29 heavy (non-hydrogen) atoms. The van der Waals surface area contributed by atoms with Gasteiger partial charge in [0.2, 0.25) is 0 Å². The van der Waals surface area contributed by atoms with E-state index in [9.17, 15) is 19.2 Å². The zero-order chi connectivity index (χ0) is 20.5. The average molecular weight is 392 g/mol. The number of rotatable bonds is 5. The normalized spacial score (nSPS) is 14.0. The number of amides is 4. The fourth-order valence-corrected chi connectivity index (χ4v) is 3.29. The van der Waals surface area contributed by atoms with E-state index in [1.165, 1.54) is 12.1 Å². The van der Waals surface area contributed by atoms with Crippen LogP contribution >= 0.6 is 0 Å². The van der Waals surface area contributed by atoms with Crippen LogP contribution in [0.3, 0.4) is 0 Å². The largest absolute Gasteiger partial charge is 0.361 e. The number of benzene rings is 2. The van der Waals surface area contributed by atoms with Crippen molar-refractivity contribution in [3.8, 4) is 0 Å². The Bertz CT molecular complexity index is 1120. The molecular formula is C20H16N4O5. The predicted octanol–water partition coefficient (Wildman–Crippen LogP) is 1.50. The van der Waals surface area contributed by atoms with E-state index in [0.717, 1.165) is 16.5 Å². The molecular weight excluding hydrogens is 376 g/mol. The lowest BCUT2D eigenvalue weighted by Crippen LogP contribution is -2.48. The molecule has 1 unspecified atom stereocenters. The number of aromatic amines is 1. The van der Waals surface area contributed by atoms with Gasteiger partial charge in [-0.2, -0.15) is 0 Å². The Hall–Kier alpha value is -4.14. The second kappa shape index (κ2) is 7.12. The maximum absolute atomic E-state index is 12.7. The molecule has 4 rings (SSSR count). The van der Waals surface area contributed by atoms with Gasteiger partial charge in [-0.05, 0) is 23.8 Å². The summed E-state index contributed by atoms with van der Waals surface area (Å²) in [7, 11) is 0. The molecule has 1 aliphatic heterocycles. The van der Waals surface area contributed by atoms with Crippen LogP contribution in [0.1, 0.15) is 26.3 Å². The van der Waals surface area contributed by atoms with Gasteiger partial charge < -0.3 is 20.9 Å². The van der Waals surface area contributed by atoms with E-state index in [0.29, 0.717) is 5.06 Å². The monoisotopic (exact) mass is 392 g/mol. The highest BCUT2D eigenvalue weighted by Crippen LogP contribution is 2.24. The smallest absolute Gasteiger partial charge is 0.355 e. The van der Waals surface area contributed by atoms with Crippen molar-refractivity contribution in [2.24, 2.45) is 5.73 Å². The number of hydrogen-bond donors (Lipinski definition) is 3. The summed E-state index contributed by atoms with van der Waals surface area (Å²) in [6, 6.07) is 11.4. The third-order valence-electron chi connectivity index (χ3n) is 4.64. The number of hydrogen-bond acceptors (Lipinski definition) is 5. The molecule has 9 nitrogen and oxygen atoms in total. The molecule has 0 aliphatic carbocycles. The van der Waals surface area contributed by atoms with Crippen LogP contribution in [0.25, 0.3) is 10.9 Å². The number of imide groups is 1. The lowest BCUT2D eigenvalue weighted by atomic mass is 10.1. The highest BCUT2D eigenvalue weighted by Gasteiger charge is 2.40. The second-order valence-electron chi connectivity index (χ2n) is 6.49. The molecule has 2 aromatic carbocycles. The quantitative estimate of drug-likeness (QED) is 0.566. The molecule has 0 spiro atoms. The Morgan fingerprint density at radius 2 is 1.66 bits per heavy atom. The van der Waals surface area contributed by atoms with Gasteiger partial charge in [0, 0.05) is 23.5 Å². The number of H-pyrrole nitrogens is 1. The number of fused-ring (bicyclic) bond motifs is 2. The summed E-state index contributed by atoms with van der Waals surface area (Å²) in [5.74, 6) is -2.48. The van der Waals surface area contributed by atoms with Crippen molar-refractivity contribution in [1.82, 2.24) is 15.4 Å². The van der Waals surface area contributed by atoms with Crippen LogP contribution in [0.4, 0.5) is 4.79 Å². The van der Waals surface area contributed by atoms with Crippen LogP contribution < -0.4 is 11.1 Å². The van der Waals surface area contributed by atoms with E-state index in [4.69, 9.17) is 10.6 Å². The fourth-order valence-electron chi connectivity index (χ4n) is 3.29. The molecule has 1 aliphatic rings. The van der Waals surface area contributed by atoms with Gasteiger partial charge in [-0.3, -0.25) is 9.59 Å². The van der Waals surface area contributed by atoms with Gasteiger partial charge in [-0.15, -0.1) is 0 Å². The van der Waals surface area contributed by atoms with Crippen molar-refractivity contribution >= 4 is 34.7 Å². The molecule has 146 valence electrons. The Kier molecular flexibility index (Phi) is 4.47. The van der Waals surface area contributed by atoms with Crippen molar-refractivity contribution in [2.45, 2.75) is 12.5 Å². The number of aromatic nitrogens is 1. The molecule has 1 atom stereocenters. The topological polar surface area (TPSA) is 135 Å². The van der Waals surface area contributed by atoms with Crippen molar-refractivity contribution < 1.29 is 24.0 Å². The lowest BCUT2D eigenvalue weighted by Gasteiger charge is -2.19. The van der Waals surface area contributed by atoms with Gasteiger partial charge in [0.25, 0.3) is 11.8 Å². The third-order valence-corrected chi connectivity index (χ3v) is 4.64. The summed E-state index contributed by atoms with van der Waals surface area (Å²) >= 11 is 0. The van der Waals surface area contributed by atoms with E-state index in [2.05, 4.69) is 10.3 Å². The molecule has 0 radical (unpaired) electrons. The number of urea groups is 1. The average Bonchev–Trinajstić information content (AvgIpc) is 3.22. The summed E-state index contributed by atoms with van der Waals surface area (Å²) in [5, 5.41) is 3.57. The maximum Gasteiger partial charge on any atom is 0.355 e. The Morgan fingerprint density at radius 1 is 1.03 bits per heavy atom. The molecule has 2 heterocycles. The number of nitrogens with two attached hydrogens (primary N) is 1. The minimum absolute atomic E-state index is 0.0506. The van der Waals surface area contributed by atoms with Crippen molar-refractivity contribution in [3.63, 3.8) is 0 Å². The lowest BCUT2D eigenvalue weighted by molar-refractivity contribution is -0.170. The minimum atomic E-state index is -1.20. The standard InChI is InChI=1S/C20H16N4O5/c21-20(28)23-16(9-11-10-22-15-8-4-3-5-12(11)15)19(27)29-24-17(25)13-6-1-2-7-14(13)18(24)26/h1-8,10,16,22H,9H2,(H3,21,23,28). The molecule has 9 heteroatoms. The summed E-state index contributed by atoms with van der Waals surface area (Å²) < 4.78 is 0. The van der Waals surface area contributed by atoms with Gasteiger partial charge in [-0.25, -0.2) is 9.59 Å². The van der Waals surface area contributed by atoms with Crippen LogP contribution in [0.15, 0.2) is 54.7 Å². The van der Waals surface area contributed by atoms with Crippen molar-refractivity contribution in [3.05, 3.63) is 71.4 Å². The fraction of sp³-hybridized carbons (Fsp3) is 0.100. The number of carbonyl (C=O) groups excluding carboxylic acids is 4. The maximum atomic E-state index is 12.7. The zero-order valence-electron chi connectivity index (χ0n) is 15.0. The minimum Gasteiger partial charge on any atom is -0.361 e. The van der Waals surface area contributed by atoms with Crippen molar-refractivity contribution in [2.75, 3.05) is 0 Å². The Balaban J connectivity index is 1.56. The van der Waals surface area contributed by atoms with Crippen LogP contribution in [-0.4, -0.2) is 39.9 Å². The van der Waals surface area contributed by atoms with E-state index >= 15 is 0 Å². The molecule has 0 saturated heterocycles. The molecule has 0 fully saturated rings. The molecule has 3 aromatic rings. The Labute approximate surface area is 164 Å². The van der Waals surface area contributed by atoms with Gasteiger partial charge >= 0.3 is 12.0 Å². The first-order valence-electron chi connectivity index (χ1n) is 8.76. The van der Waals surface area contributed by atoms with Gasteiger partial charge in [0.15, 0.2) is 0 Å². The van der Waals surface area contributed by atoms with Crippen molar-refractivity contribution in [1.29, 1.82) is 0 Å².